The van der Waals surface area contributed by atoms with E-state index in [0.717, 1.165) is 27.6 Å². The molecule has 2 aromatic carbocycles. The van der Waals surface area contributed by atoms with Crippen LogP contribution in [0.2, 0.25) is 0 Å². The maximum atomic E-state index is 7.58. The van der Waals surface area contributed by atoms with Gasteiger partial charge in [-0.1, -0.05) is 18.2 Å². The molecule has 0 spiro atoms. The lowest BCUT2D eigenvalue weighted by atomic mass is 9.97. The highest BCUT2D eigenvalue weighted by Gasteiger charge is 2.12. The zero-order valence-electron chi connectivity index (χ0n) is 11.0. The molecule has 0 radical (unpaired) electrons. The molecule has 0 aliphatic heterocycles. The van der Waals surface area contributed by atoms with Crippen molar-refractivity contribution in [2.24, 2.45) is 5.73 Å². The molecule has 0 aliphatic rings. The van der Waals surface area contributed by atoms with Gasteiger partial charge >= 0.3 is 0 Å². The molecule has 0 aliphatic carbocycles. The summed E-state index contributed by atoms with van der Waals surface area (Å²) in [4.78, 5) is 0. The third-order valence-corrected chi connectivity index (χ3v) is 3.30. The van der Waals surface area contributed by atoms with Gasteiger partial charge in [-0.15, -0.1) is 0 Å². The summed E-state index contributed by atoms with van der Waals surface area (Å²) in [6, 6.07) is 9.62. The maximum absolute atomic E-state index is 7.58. The number of rotatable bonds is 3. The average molecular weight is 266 g/mol. The Morgan fingerprint density at radius 2 is 2.10 bits per heavy atom. The van der Waals surface area contributed by atoms with Gasteiger partial charge in [0.15, 0.2) is 0 Å². The average Bonchev–Trinajstić information content (AvgIpc) is 2.99. The molecule has 0 saturated heterocycles. The first-order chi connectivity index (χ1) is 9.70. The van der Waals surface area contributed by atoms with E-state index in [1.54, 1.807) is 13.3 Å². The Kier molecular flexibility index (Phi) is 2.87. The molecule has 0 saturated carbocycles. The van der Waals surface area contributed by atoms with Crippen LogP contribution in [-0.4, -0.2) is 23.1 Å². The fourth-order valence-corrected chi connectivity index (χ4v) is 2.32. The van der Waals surface area contributed by atoms with Crippen molar-refractivity contribution >= 4 is 16.6 Å². The van der Waals surface area contributed by atoms with Crippen LogP contribution in [0.15, 0.2) is 42.7 Å². The first-order valence-corrected chi connectivity index (χ1v) is 6.15. The molecular formula is C15H14N4O. The number of fused-ring (bicyclic) bond motifs is 1. The SMILES string of the molecule is COc1ccc2ccc(C(=N)N)cc2c1-c1cn[nH]c1. The van der Waals surface area contributed by atoms with Gasteiger partial charge in [0.1, 0.15) is 11.6 Å². The van der Waals surface area contributed by atoms with Gasteiger partial charge in [-0.05, 0) is 22.9 Å². The Hall–Kier alpha value is -2.82. The van der Waals surface area contributed by atoms with Gasteiger partial charge < -0.3 is 10.5 Å². The van der Waals surface area contributed by atoms with Gasteiger partial charge in [-0.3, -0.25) is 10.5 Å². The number of nitrogens with one attached hydrogen (secondary N) is 2. The monoisotopic (exact) mass is 266 g/mol. The zero-order chi connectivity index (χ0) is 14.1. The normalized spacial score (nSPS) is 10.7. The number of nitrogen functional groups attached to an aromatic ring is 1. The van der Waals surface area contributed by atoms with E-state index in [4.69, 9.17) is 15.9 Å². The van der Waals surface area contributed by atoms with Gasteiger partial charge in [0.25, 0.3) is 0 Å². The van der Waals surface area contributed by atoms with E-state index in [1.165, 1.54) is 0 Å². The maximum Gasteiger partial charge on any atom is 0.127 e. The van der Waals surface area contributed by atoms with Crippen molar-refractivity contribution in [1.29, 1.82) is 5.41 Å². The van der Waals surface area contributed by atoms with E-state index in [-0.39, 0.29) is 5.84 Å². The number of benzene rings is 2. The van der Waals surface area contributed by atoms with E-state index < -0.39 is 0 Å². The van der Waals surface area contributed by atoms with E-state index in [2.05, 4.69) is 10.2 Å². The van der Waals surface area contributed by atoms with Crippen LogP contribution >= 0.6 is 0 Å². The highest BCUT2D eigenvalue weighted by molar-refractivity contribution is 6.05. The number of ether oxygens (including phenoxy) is 1. The number of H-pyrrole nitrogens is 1. The van der Waals surface area contributed by atoms with Crippen molar-refractivity contribution in [1.82, 2.24) is 10.2 Å². The van der Waals surface area contributed by atoms with Gasteiger partial charge in [-0.2, -0.15) is 5.10 Å². The molecule has 0 fully saturated rings. The molecule has 0 unspecified atom stereocenters. The van der Waals surface area contributed by atoms with Crippen molar-refractivity contribution < 1.29 is 4.74 Å². The number of nitrogens with zero attached hydrogens (tertiary/aromatic N) is 1. The summed E-state index contributed by atoms with van der Waals surface area (Å²) in [7, 11) is 1.64. The molecule has 3 rings (SSSR count). The van der Waals surface area contributed by atoms with Crippen LogP contribution in [0.5, 0.6) is 5.75 Å². The Balaban J connectivity index is 2.38. The number of methoxy groups -OCH3 is 1. The Morgan fingerprint density at radius 1 is 1.30 bits per heavy atom. The van der Waals surface area contributed by atoms with Gasteiger partial charge in [-0.25, -0.2) is 0 Å². The van der Waals surface area contributed by atoms with E-state index >= 15 is 0 Å². The topological polar surface area (TPSA) is 87.8 Å². The summed E-state index contributed by atoms with van der Waals surface area (Å²) in [5.41, 5.74) is 8.15. The minimum absolute atomic E-state index is 0.0489. The summed E-state index contributed by atoms with van der Waals surface area (Å²) in [6.45, 7) is 0. The molecule has 0 amide bonds. The van der Waals surface area contributed by atoms with Crippen molar-refractivity contribution in [3.8, 4) is 16.9 Å². The molecule has 1 aromatic heterocycles. The first-order valence-electron chi connectivity index (χ1n) is 6.15. The summed E-state index contributed by atoms with van der Waals surface area (Å²) in [6.07, 6.45) is 3.56. The number of nitrogens with two attached hydrogens (primary N) is 1. The molecule has 100 valence electrons. The quantitative estimate of drug-likeness (QED) is 0.502. The van der Waals surface area contributed by atoms with Crippen LogP contribution in [-0.2, 0) is 0 Å². The third kappa shape index (κ3) is 1.89. The van der Waals surface area contributed by atoms with Crippen LogP contribution in [0, 0.1) is 5.41 Å². The Morgan fingerprint density at radius 3 is 2.75 bits per heavy atom. The van der Waals surface area contributed by atoms with Crippen molar-refractivity contribution in [3.05, 3.63) is 48.3 Å². The molecule has 20 heavy (non-hydrogen) atoms. The van der Waals surface area contributed by atoms with Crippen molar-refractivity contribution in [2.75, 3.05) is 7.11 Å². The molecule has 5 nitrogen and oxygen atoms in total. The highest BCUT2D eigenvalue weighted by atomic mass is 16.5. The number of aromatic amines is 1. The zero-order valence-corrected chi connectivity index (χ0v) is 11.0. The summed E-state index contributed by atoms with van der Waals surface area (Å²) in [5.74, 6) is 0.812. The van der Waals surface area contributed by atoms with Crippen molar-refractivity contribution in [3.63, 3.8) is 0 Å². The molecular weight excluding hydrogens is 252 g/mol. The smallest absolute Gasteiger partial charge is 0.127 e. The molecule has 1 heterocycles. The lowest BCUT2D eigenvalue weighted by Gasteiger charge is -2.11. The molecule has 0 atom stereocenters. The standard InChI is InChI=1S/C15H14N4O/c1-20-13-5-4-9-2-3-10(15(16)17)6-12(9)14(13)11-7-18-19-8-11/h2-8H,1H3,(H3,16,17)(H,18,19). The van der Waals surface area contributed by atoms with Gasteiger partial charge in [0, 0.05) is 22.9 Å². The number of hydrogen-bond acceptors (Lipinski definition) is 3. The predicted octanol–water partition coefficient (Wildman–Crippen LogP) is 2.52. The molecule has 5 heteroatoms. The first kappa shape index (κ1) is 12.2. The van der Waals surface area contributed by atoms with E-state index in [0.29, 0.717) is 5.56 Å². The number of amidine groups is 1. The van der Waals surface area contributed by atoms with E-state index in [1.807, 2.05) is 36.5 Å². The fourth-order valence-electron chi connectivity index (χ4n) is 2.32. The van der Waals surface area contributed by atoms with Crippen LogP contribution in [0.1, 0.15) is 5.56 Å². The molecule has 0 bridgehead atoms. The summed E-state index contributed by atoms with van der Waals surface area (Å²) < 4.78 is 5.45. The Labute approximate surface area is 115 Å². The third-order valence-electron chi connectivity index (χ3n) is 3.30. The van der Waals surface area contributed by atoms with Crippen LogP contribution in [0.25, 0.3) is 21.9 Å². The lowest BCUT2D eigenvalue weighted by molar-refractivity contribution is 0.417. The second-order valence-electron chi connectivity index (χ2n) is 4.48. The van der Waals surface area contributed by atoms with Crippen LogP contribution < -0.4 is 10.5 Å². The van der Waals surface area contributed by atoms with Gasteiger partial charge in [0.2, 0.25) is 0 Å². The molecule has 3 aromatic rings. The number of hydrogen-bond donors (Lipinski definition) is 3. The lowest BCUT2D eigenvalue weighted by Crippen LogP contribution is -2.10. The minimum Gasteiger partial charge on any atom is -0.496 e. The number of aromatic nitrogens is 2. The Bertz CT molecular complexity index is 778. The second-order valence-corrected chi connectivity index (χ2v) is 4.48. The minimum atomic E-state index is 0.0489. The van der Waals surface area contributed by atoms with E-state index in [9.17, 15) is 0 Å². The van der Waals surface area contributed by atoms with Crippen LogP contribution in [0.3, 0.4) is 0 Å². The highest BCUT2D eigenvalue weighted by Crippen LogP contribution is 2.36. The second kappa shape index (κ2) is 4.70. The fraction of sp³-hybridized carbons (Fsp3) is 0.0667. The predicted molar refractivity (Wildman–Crippen MR) is 79.1 cm³/mol. The summed E-state index contributed by atoms with van der Waals surface area (Å²) in [5, 5.41) is 16.4. The largest absolute Gasteiger partial charge is 0.496 e. The summed E-state index contributed by atoms with van der Waals surface area (Å²) >= 11 is 0. The van der Waals surface area contributed by atoms with Gasteiger partial charge in [0.05, 0.1) is 13.3 Å². The van der Waals surface area contributed by atoms with Crippen LogP contribution in [0.4, 0.5) is 0 Å². The molecule has 4 N–H and O–H groups in total. The van der Waals surface area contributed by atoms with Crippen molar-refractivity contribution in [2.45, 2.75) is 0 Å².